The minimum atomic E-state index is 0.213. The standard InChI is InChI=1S/C19H17ClN6O2/c1-11-12(5-21-7-14(11)20)18-16(27-3)4-15(13-6-22-9-23-19(13)18)28-8-17-24-10-26(2)25-17/h4-7,9-10H,8H2,1-3H3. The molecule has 142 valence electrons. The van der Waals surface area contributed by atoms with Crippen molar-refractivity contribution in [1.82, 2.24) is 29.7 Å². The number of aryl methyl sites for hydroxylation is 1. The average Bonchev–Trinajstić information content (AvgIpc) is 3.13. The predicted octanol–water partition coefficient (Wildman–Crippen LogP) is 3.37. The molecule has 0 N–H and O–H groups in total. The highest BCUT2D eigenvalue weighted by atomic mass is 35.5. The summed E-state index contributed by atoms with van der Waals surface area (Å²) in [6.45, 7) is 2.15. The van der Waals surface area contributed by atoms with Gasteiger partial charge in [0.05, 0.1) is 28.6 Å². The van der Waals surface area contributed by atoms with Crippen LogP contribution in [0.1, 0.15) is 11.4 Å². The molecule has 28 heavy (non-hydrogen) atoms. The van der Waals surface area contributed by atoms with Crippen LogP contribution in [0, 0.1) is 6.92 Å². The van der Waals surface area contributed by atoms with Crippen LogP contribution in [0.15, 0.2) is 37.3 Å². The second-order valence-corrected chi connectivity index (χ2v) is 6.56. The molecule has 0 saturated heterocycles. The van der Waals surface area contributed by atoms with Crippen LogP contribution >= 0.6 is 11.6 Å². The van der Waals surface area contributed by atoms with E-state index in [2.05, 4.69) is 25.0 Å². The Labute approximate surface area is 166 Å². The van der Waals surface area contributed by atoms with Crippen LogP contribution in [0.5, 0.6) is 11.5 Å². The van der Waals surface area contributed by atoms with Gasteiger partial charge in [0.25, 0.3) is 0 Å². The first-order valence-electron chi connectivity index (χ1n) is 8.47. The van der Waals surface area contributed by atoms with Crippen LogP contribution < -0.4 is 9.47 Å². The molecule has 1 aromatic carbocycles. The smallest absolute Gasteiger partial charge is 0.188 e. The number of aromatic nitrogens is 6. The SMILES string of the molecule is COc1cc(OCc2ncn(C)n2)c2cncnc2c1-c1cncc(Cl)c1C. The van der Waals surface area contributed by atoms with E-state index >= 15 is 0 Å². The van der Waals surface area contributed by atoms with Gasteiger partial charge in [0.15, 0.2) is 5.82 Å². The molecule has 9 heteroatoms. The van der Waals surface area contributed by atoms with Gasteiger partial charge < -0.3 is 9.47 Å². The molecule has 3 aromatic heterocycles. The van der Waals surface area contributed by atoms with Gasteiger partial charge in [0.1, 0.15) is 30.8 Å². The molecule has 0 bridgehead atoms. The maximum atomic E-state index is 6.28. The molecule has 0 fully saturated rings. The Morgan fingerprint density at radius 1 is 1.11 bits per heavy atom. The van der Waals surface area contributed by atoms with Crippen molar-refractivity contribution in [3.8, 4) is 22.6 Å². The maximum Gasteiger partial charge on any atom is 0.188 e. The van der Waals surface area contributed by atoms with Crippen LogP contribution in [0.2, 0.25) is 5.02 Å². The minimum Gasteiger partial charge on any atom is -0.496 e. The second-order valence-electron chi connectivity index (χ2n) is 6.15. The number of fused-ring (bicyclic) bond motifs is 1. The number of halogens is 1. The molecule has 0 amide bonds. The van der Waals surface area contributed by atoms with Crippen molar-refractivity contribution >= 4 is 22.5 Å². The van der Waals surface area contributed by atoms with Crippen molar-refractivity contribution < 1.29 is 9.47 Å². The lowest BCUT2D eigenvalue weighted by Gasteiger charge is -2.16. The molecule has 0 aliphatic carbocycles. The van der Waals surface area contributed by atoms with Crippen molar-refractivity contribution in [2.75, 3.05) is 7.11 Å². The third-order valence-electron chi connectivity index (χ3n) is 4.37. The monoisotopic (exact) mass is 396 g/mol. The molecular weight excluding hydrogens is 380 g/mol. The van der Waals surface area contributed by atoms with Gasteiger partial charge in [-0.05, 0) is 12.5 Å². The minimum absolute atomic E-state index is 0.213. The molecule has 0 saturated carbocycles. The number of methoxy groups -OCH3 is 1. The highest BCUT2D eigenvalue weighted by molar-refractivity contribution is 6.31. The highest BCUT2D eigenvalue weighted by Gasteiger charge is 2.19. The van der Waals surface area contributed by atoms with E-state index in [1.165, 1.54) is 6.33 Å². The van der Waals surface area contributed by atoms with Gasteiger partial charge in [0, 0.05) is 37.3 Å². The summed E-state index contributed by atoms with van der Waals surface area (Å²) in [6.07, 6.45) is 8.18. The predicted molar refractivity (Wildman–Crippen MR) is 104 cm³/mol. The van der Waals surface area contributed by atoms with Crippen LogP contribution in [0.3, 0.4) is 0 Å². The van der Waals surface area contributed by atoms with Crippen molar-refractivity contribution in [2.24, 2.45) is 7.05 Å². The van der Waals surface area contributed by atoms with E-state index in [-0.39, 0.29) is 6.61 Å². The third-order valence-corrected chi connectivity index (χ3v) is 4.75. The number of ether oxygens (including phenoxy) is 2. The Hall–Kier alpha value is -3.26. The van der Waals surface area contributed by atoms with E-state index in [0.29, 0.717) is 27.9 Å². The number of nitrogens with zero attached hydrogens (tertiary/aromatic N) is 6. The number of rotatable bonds is 5. The first-order chi connectivity index (χ1) is 13.6. The van der Waals surface area contributed by atoms with Crippen LogP contribution in [0.4, 0.5) is 0 Å². The van der Waals surface area contributed by atoms with Crippen LogP contribution in [0.25, 0.3) is 22.0 Å². The van der Waals surface area contributed by atoms with E-state index in [9.17, 15) is 0 Å². The molecule has 0 radical (unpaired) electrons. The molecule has 0 aliphatic rings. The van der Waals surface area contributed by atoms with Gasteiger partial charge in [-0.1, -0.05) is 11.6 Å². The zero-order valence-electron chi connectivity index (χ0n) is 15.5. The quantitative estimate of drug-likeness (QED) is 0.511. The van der Waals surface area contributed by atoms with Crippen molar-refractivity contribution in [3.05, 3.63) is 53.7 Å². The summed E-state index contributed by atoms with van der Waals surface area (Å²) in [5, 5.41) is 5.55. The highest BCUT2D eigenvalue weighted by Crippen LogP contribution is 2.42. The Balaban J connectivity index is 1.87. The van der Waals surface area contributed by atoms with Gasteiger partial charge >= 0.3 is 0 Å². The second kappa shape index (κ2) is 7.40. The van der Waals surface area contributed by atoms with Crippen LogP contribution in [-0.2, 0) is 13.7 Å². The molecule has 0 aliphatic heterocycles. The normalized spacial score (nSPS) is 11.0. The molecular formula is C19H17ClN6O2. The Morgan fingerprint density at radius 2 is 1.96 bits per heavy atom. The van der Waals surface area contributed by atoms with Gasteiger partial charge in [-0.2, -0.15) is 5.10 Å². The molecule has 0 spiro atoms. The average molecular weight is 397 g/mol. The fourth-order valence-electron chi connectivity index (χ4n) is 2.98. The van der Waals surface area contributed by atoms with E-state index in [1.54, 1.807) is 43.8 Å². The number of benzene rings is 1. The lowest BCUT2D eigenvalue weighted by Crippen LogP contribution is -2.02. The van der Waals surface area contributed by atoms with Crippen molar-refractivity contribution in [1.29, 1.82) is 0 Å². The van der Waals surface area contributed by atoms with Crippen molar-refractivity contribution in [3.63, 3.8) is 0 Å². The first-order valence-corrected chi connectivity index (χ1v) is 8.84. The lowest BCUT2D eigenvalue weighted by atomic mass is 9.98. The Bertz CT molecular complexity index is 1160. The number of hydrogen-bond donors (Lipinski definition) is 0. The van der Waals surface area contributed by atoms with Gasteiger partial charge in [-0.25, -0.2) is 15.0 Å². The zero-order chi connectivity index (χ0) is 19.7. The largest absolute Gasteiger partial charge is 0.496 e. The molecule has 4 rings (SSSR count). The summed E-state index contributed by atoms with van der Waals surface area (Å²) in [6, 6.07) is 1.81. The zero-order valence-corrected chi connectivity index (χ0v) is 16.3. The number of pyridine rings is 1. The summed E-state index contributed by atoms with van der Waals surface area (Å²) in [7, 11) is 3.40. The molecule has 8 nitrogen and oxygen atoms in total. The summed E-state index contributed by atoms with van der Waals surface area (Å²) in [5.74, 6) is 1.75. The summed E-state index contributed by atoms with van der Waals surface area (Å²) in [5.41, 5.74) is 3.20. The summed E-state index contributed by atoms with van der Waals surface area (Å²) < 4.78 is 13.2. The van der Waals surface area contributed by atoms with Gasteiger partial charge in [-0.3, -0.25) is 9.67 Å². The van der Waals surface area contributed by atoms with Crippen molar-refractivity contribution in [2.45, 2.75) is 13.5 Å². The topological polar surface area (TPSA) is 87.8 Å². The fourth-order valence-corrected chi connectivity index (χ4v) is 3.14. The molecule has 0 atom stereocenters. The molecule has 3 heterocycles. The maximum absolute atomic E-state index is 6.28. The molecule has 0 unspecified atom stereocenters. The lowest BCUT2D eigenvalue weighted by molar-refractivity contribution is 0.297. The third kappa shape index (κ3) is 3.22. The van der Waals surface area contributed by atoms with E-state index in [4.69, 9.17) is 21.1 Å². The fraction of sp³-hybridized carbons (Fsp3) is 0.211. The number of hydrogen-bond acceptors (Lipinski definition) is 7. The first kappa shape index (κ1) is 18.1. The van der Waals surface area contributed by atoms with E-state index < -0.39 is 0 Å². The Kier molecular flexibility index (Phi) is 4.79. The molecule has 4 aromatic rings. The summed E-state index contributed by atoms with van der Waals surface area (Å²) in [4.78, 5) is 17.0. The van der Waals surface area contributed by atoms with E-state index in [1.807, 2.05) is 13.0 Å². The van der Waals surface area contributed by atoms with Crippen LogP contribution in [-0.4, -0.2) is 36.8 Å². The van der Waals surface area contributed by atoms with Gasteiger partial charge in [0.2, 0.25) is 0 Å². The van der Waals surface area contributed by atoms with Gasteiger partial charge in [-0.15, -0.1) is 0 Å². The Morgan fingerprint density at radius 3 is 2.71 bits per heavy atom. The summed E-state index contributed by atoms with van der Waals surface area (Å²) >= 11 is 6.28. The van der Waals surface area contributed by atoms with E-state index in [0.717, 1.165) is 22.1 Å².